The van der Waals surface area contributed by atoms with Crippen molar-refractivity contribution in [2.45, 2.75) is 6.92 Å². The van der Waals surface area contributed by atoms with Crippen molar-refractivity contribution < 1.29 is 14.5 Å². The van der Waals surface area contributed by atoms with Gasteiger partial charge in [-0.15, -0.1) is 0 Å². The van der Waals surface area contributed by atoms with E-state index in [1.807, 2.05) is 25.1 Å². The number of anilines is 4. The Morgan fingerprint density at radius 3 is 2.50 bits per heavy atom. The van der Waals surface area contributed by atoms with Gasteiger partial charge in [-0.2, -0.15) is 4.98 Å². The first-order valence-corrected chi connectivity index (χ1v) is 10.1. The fourth-order valence-electron chi connectivity index (χ4n) is 3.27. The SMILES string of the molecule is Cc1cc(Nc2ccc(NC(=O)c3cccc([N+](=O)[O-])c3)cc2)nc(N2CCOCC2)n1. The van der Waals surface area contributed by atoms with Gasteiger partial charge in [0.2, 0.25) is 5.95 Å². The summed E-state index contributed by atoms with van der Waals surface area (Å²) >= 11 is 0. The van der Waals surface area contributed by atoms with E-state index >= 15 is 0 Å². The number of nitro groups is 1. The van der Waals surface area contributed by atoms with Crippen molar-refractivity contribution in [1.29, 1.82) is 0 Å². The van der Waals surface area contributed by atoms with E-state index in [-0.39, 0.29) is 11.3 Å². The topological polar surface area (TPSA) is 123 Å². The van der Waals surface area contributed by atoms with Crippen molar-refractivity contribution in [1.82, 2.24) is 9.97 Å². The van der Waals surface area contributed by atoms with Gasteiger partial charge in [0, 0.05) is 53.9 Å². The smallest absolute Gasteiger partial charge is 0.270 e. The summed E-state index contributed by atoms with van der Waals surface area (Å²) in [5.41, 5.74) is 2.30. The number of nitro benzene ring substituents is 1. The molecule has 0 radical (unpaired) electrons. The monoisotopic (exact) mass is 434 g/mol. The van der Waals surface area contributed by atoms with Crippen LogP contribution in [0.25, 0.3) is 0 Å². The Morgan fingerprint density at radius 2 is 1.78 bits per heavy atom. The van der Waals surface area contributed by atoms with Gasteiger partial charge in [0.15, 0.2) is 0 Å². The van der Waals surface area contributed by atoms with Gasteiger partial charge in [-0.05, 0) is 37.3 Å². The Balaban J connectivity index is 1.43. The molecule has 0 atom stereocenters. The minimum atomic E-state index is -0.531. The van der Waals surface area contributed by atoms with Gasteiger partial charge in [-0.1, -0.05) is 6.07 Å². The van der Waals surface area contributed by atoms with Crippen molar-refractivity contribution >= 4 is 34.7 Å². The normalized spacial score (nSPS) is 13.5. The average molecular weight is 434 g/mol. The molecule has 0 bridgehead atoms. The number of hydrogen-bond acceptors (Lipinski definition) is 8. The second-order valence-electron chi connectivity index (χ2n) is 7.26. The lowest BCUT2D eigenvalue weighted by Crippen LogP contribution is -2.37. The Morgan fingerprint density at radius 1 is 1.06 bits per heavy atom. The van der Waals surface area contributed by atoms with Crippen LogP contribution < -0.4 is 15.5 Å². The van der Waals surface area contributed by atoms with Crippen molar-refractivity contribution in [3.8, 4) is 0 Å². The fraction of sp³-hybridized carbons (Fsp3) is 0.227. The number of benzene rings is 2. The molecule has 0 saturated carbocycles. The minimum Gasteiger partial charge on any atom is -0.378 e. The van der Waals surface area contributed by atoms with Crippen LogP contribution in [0.2, 0.25) is 0 Å². The molecule has 4 rings (SSSR count). The molecule has 2 N–H and O–H groups in total. The summed E-state index contributed by atoms with van der Waals surface area (Å²) in [5.74, 6) is 0.917. The second-order valence-corrected chi connectivity index (χ2v) is 7.26. The van der Waals surface area contributed by atoms with E-state index in [1.54, 1.807) is 12.1 Å². The number of non-ortho nitro benzene ring substituents is 1. The maximum absolute atomic E-state index is 12.4. The molecule has 1 saturated heterocycles. The fourth-order valence-corrected chi connectivity index (χ4v) is 3.27. The van der Waals surface area contributed by atoms with Crippen molar-refractivity contribution in [2.75, 3.05) is 41.8 Å². The zero-order valence-corrected chi connectivity index (χ0v) is 17.4. The number of amides is 1. The molecular weight excluding hydrogens is 412 g/mol. The first kappa shape index (κ1) is 21.2. The molecule has 164 valence electrons. The van der Waals surface area contributed by atoms with Gasteiger partial charge in [0.05, 0.1) is 18.1 Å². The Hall–Kier alpha value is -4.05. The van der Waals surface area contributed by atoms with Crippen LogP contribution in [0.3, 0.4) is 0 Å². The molecule has 1 fully saturated rings. The highest BCUT2D eigenvalue weighted by atomic mass is 16.6. The Kier molecular flexibility index (Phi) is 6.22. The lowest BCUT2D eigenvalue weighted by atomic mass is 10.2. The molecule has 10 heteroatoms. The number of nitrogens with one attached hydrogen (secondary N) is 2. The predicted octanol–water partition coefficient (Wildman–Crippen LogP) is 3.53. The highest BCUT2D eigenvalue weighted by Gasteiger charge is 2.15. The molecule has 1 amide bonds. The van der Waals surface area contributed by atoms with Crippen LogP contribution in [0, 0.1) is 17.0 Å². The second kappa shape index (κ2) is 9.40. The van der Waals surface area contributed by atoms with E-state index in [9.17, 15) is 14.9 Å². The van der Waals surface area contributed by atoms with E-state index < -0.39 is 10.8 Å². The maximum Gasteiger partial charge on any atom is 0.270 e. The molecule has 0 aliphatic carbocycles. The molecule has 1 aliphatic heterocycles. The maximum atomic E-state index is 12.4. The quantitative estimate of drug-likeness (QED) is 0.446. The predicted molar refractivity (Wildman–Crippen MR) is 121 cm³/mol. The molecule has 2 aromatic carbocycles. The molecule has 0 spiro atoms. The first-order chi connectivity index (χ1) is 15.5. The summed E-state index contributed by atoms with van der Waals surface area (Å²) in [6.07, 6.45) is 0. The van der Waals surface area contributed by atoms with E-state index in [4.69, 9.17) is 4.74 Å². The van der Waals surface area contributed by atoms with E-state index in [0.717, 1.165) is 24.5 Å². The third-order valence-electron chi connectivity index (χ3n) is 4.87. The first-order valence-electron chi connectivity index (χ1n) is 10.1. The molecule has 32 heavy (non-hydrogen) atoms. The summed E-state index contributed by atoms with van der Waals surface area (Å²) in [6.45, 7) is 4.74. The summed E-state index contributed by atoms with van der Waals surface area (Å²) in [7, 11) is 0. The number of rotatable bonds is 6. The lowest BCUT2D eigenvalue weighted by molar-refractivity contribution is -0.384. The summed E-state index contributed by atoms with van der Waals surface area (Å²) in [5, 5.41) is 16.9. The summed E-state index contributed by atoms with van der Waals surface area (Å²) < 4.78 is 5.39. The summed E-state index contributed by atoms with van der Waals surface area (Å²) in [6, 6.07) is 14.6. The van der Waals surface area contributed by atoms with Crippen LogP contribution in [-0.2, 0) is 4.74 Å². The largest absolute Gasteiger partial charge is 0.378 e. The van der Waals surface area contributed by atoms with E-state index in [0.29, 0.717) is 30.7 Å². The molecule has 1 aromatic heterocycles. The zero-order valence-electron chi connectivity index (χ0n) is 17.4. The highest BCUT2D eigenvalue weighted by Crippen LogP contribution is 2.21. The highest BCUT2D eigenvalue weighted by molar-refractivity contribution is 6.04. The van der Waals surface area contributed by atoms with E-state index in [2.05, 4.69) is 25.5 Å². The lowest BCUT2D eigenvalue weighted by Gasteiger charge is -2.27. The van der Waals surface area contributed by atoms with Gasteiger partial charge in [0.25, 0.3) is 11.6 Å². The number of morpholine rings is 1. The van der Waals surface area contributed by atoms with Gasteiger partial charge in [-0.25, -0.2) is 4.98 Å². The van der Waals surface area contributed by atoms with E-state index in [1.165, 1.54) is 24.3 Å². The number of ether oxygens (including phenoxy) is 1. The van der Waals surface area contributed by atoms with Crippen molar-refractivity contribution in [3.05, 3.63) is 76.0 Å². The molecule has 1 aliphatic rings. The van der Waals surface area contributed by atoms with Crippen LogP contribution >= 0.6 is 0 Å². The summed E-state index contributed by atoms with van der Waals surface area (Å²) in [4.78, 5) is 34.0. The van der Waals surface area contributed by atoms with Crippen molar-refractivity contribution in [2.24, 2.45) is 0 Å². The van der Waals surface area contributed by atoms with Crippen LogP contribution in [0.15, 0.2) is 54.6 Å². The van der Waals surface area contributed by atoms with Gasteiger partial charge in [0.1, 0.15) is 5.82 Å². The minimum absolute atomic E-state index is 0.131. The molecule has 3 aromatic rings. The number of aryl methyl sites for hydroxylation is 1. The average Bonchev–Trinajstić information content (AvgIpc) is 2.80. The molecular formula is C22H22N6O4. The third kappa shape index (κ3) is 5.16. The number of carbonyl (C=O) groups excluding carboxylic acids is 1. The van der Waals surface area contributed by atoms with Crippen LogP contribution in [0.1, 0.15) is 16.1 Å². The van der Waals surface area contributed by atoms with Crippen molar-refractivity contribution in [3.63, 3.8) is 0 Å². The number of aromatic nitrogens is 2. The molecule has 2 heterocycles. The Bertz CT molecular complexity index is 1130. The van der Waals surface area contributed by atoms with Gasteiger partial charge < -0.3 is 20.3 Å². The standard InChI is InChI=1S/C22H22N6O4/c1-15-13-20(26-22(23-15)27-9-11-32-12-10-27)24-17-5-7-18(8-6-17)25-21(29)16-3-2-4-19(14-16)28(30)31/h2-8,13-14H,9-12H2,1H3,(H,25,29)(H,23,24,26). The van der Waals surface area contributed by atoms with Gasteiger partial charge >= 0.3 is 0 Å². The van der Waals surface area contributed by atoms with Crippen LogP contribution in [0.4, 0.5) is 28.8 Å². The zero-order chi connectivity index (χ0) is 22.5. The number of hydrogen-bond donors (Lipinski definition) is 2. The Labute approximate surface area is 184 Å². The molecule has 0 unspecified atom stereocenters. The van der Waals surface area contributed by atoms with Crippen LogP contribution in [0.5, 0.6) is 0 Å². The third-order valence-corrected chi connectivity index (χ3v) is 4.87. The van der Waals surface area contributed by atoms with Gasteiger partial charge in [-0.3, -0.25) is 14.9 Å². The molecule has 10 nitrogen and oxygen atoms in total. The van der Waals surface area contributed by atoms with Crippen LogP contribution in [-0.4, -0.2) is 47.1 Å². The number of nitrogens with zero attached hydrogens (tertiary/aromatic N) is 4. The number of carbonyl (C=O) groups is 1.